The van der Waals surface area contributed by atoms with E-state index in [4.69, 9.17) is 0 Å². The summed E-state index contributed by atoms with van der Waals surface area (Å²) >= 11 is 0. The monoisotopic (exact) mass is 218 g/mol. The number of nitrogens with zero attached hydrogens (tertiary/aromatic N) is 2. The highest BCUT2D eigenvalue weighted by Crippen LogP contribution is 2.24. The maximum absolute atomic E-state index is 13.8. The molecule has 3 rings (SSSR count). The first kappa shape index (κ1) is 9.85. The molecule has 0 unspecified atom stereocenters. The fourth-order valence-corrected chi connectivity index (χ4v) is 2.48. The molecule has 0 bridgehead atoms. The van der Waals surface area contributed by atoms with E-state index in [1.165, 1.54) is 5.69 Å². The number of para-hydroxylation sites is 1. The van der Waals surface area contributed by atoms with E-state index in [0.717, 1.165) is 37.0 Å². The summed E-state index contributed by atoms with van der Waals surface area (Å²) in [5.74, 6) is -0.103. The van der Waals surface area contributed by atoms with Gasteiger partial charge in [-0.3, -0.25) is 0 Å². The third-order valence-electron chi connectivity index (χ3n) is 3.41. The minimum atomic E-state index is -0.103. The summed E-state index contributed by atoms with van der Waals surface area (Å²) in [4.78, 5) is 2.29. The van der Waals surface area contributed by atoms with E-state index in [9.17, 15) is 4.39 Å². The summed E-state index contributed by atoms with van der Waals surface area (Å²) in [6, 6.07) is 7.44. The van der Waals surface area contributed by atoms with Crippen LogP contribution in [0, 0.1) is 5.82 Å². The van der Waals surface area contributed by atoms with Gasteiger partial charge in [-0.2, -0.15) is 0 Å². The van der Waals surface area contributed by atoms with Crippen LogP contribution in [-0.2, 0) is 13.0 Å². The maximum atomic E-state index is 13.8. The minimum Gasteiger partial charge on any atom is -0.341 e. The van der Waals surface area contributed by atoms with Crippen molar-refractivity contribution in [1.82, 2.24) is 9.47 Å². The summed E-state index contributed by atoms with van der Waals surface area (Å²) in [6.07, 6.45) is 1.00. The molecule has 1 aliphatic heterocycles. The van der Waals surface area contributed by atoms with Gasteiger partial charge >= 0.3 is 0 Å². The molecule has 0 radical (unpaired) electrons. The second kappa shape index (κ2) is 3.59. The summed E-state index contributed by atoms with van der Waals surface area (Å²) in [5, 5.41) is 1.03. The Morgan fingerprint density at radius 3 is 2.94 bits per heavy atom. The Hall–Kier alpha value is -1.35. The van der Waals surface area contributed by atoms with Gasteiger partial charge in [0.25, 0.3) is 0 Å². The zero-order valence-electron chi connectivity index (χ0n) is 9.41. The van der Waals surface area contributed by atoms with Crippen molar-refractivity contribution in [2.75, 3.05) is 20.1 Å². The fraction of sp³-hybridized carbons (Fsp3) is 0.385. The number of rotatable bonds is 0. The largest absolute Gasteiger partial charge is 0.341 e. The lowest BCUT2D eigenvalue weighted by molar-refractivity contribution is 0.342. The fourth-order valence-electron chi connectivity index (χ4n) is 2.48. The van der Waals surface area contributed by atoms with Gasteiger partial charge in [0.1, 0.15) is 5.82 Å². The van der Waals surface area contributed by atoms with Crippen LogP contribution in [0.4, 0.5) is 4.39 Å². The van der Waals surface area contributed by atoms with E-state index in [-0.39, 0.29) is 5.82 Å². The zero-order valence-corrected chi connectivity index (χ0v) is 9.41. The van der Waals surface area contributed by atoms with Gasteiger partial charge in [0.05, 0.1) is 5.52 Å². The van der Waals surface area contributed by atoms with Gasteiger partial charge in [0.15, 0.2) is 0 Å². The maximum Gasteiger partial charge on any atom is 0.147 e. The Morgan fingerprint density at radius 1 is 1.19 bits per heavy atom. The predicted molar refractivity (Wildman–Crippen MR) is 63.1 cm³/mol. The van der Waals surface area contributed by atoms with Crippen molar-refractivity contribution < 1.29 is 4.39 Å². The number of halogens is 1. The molecule has 16 heavy (non-hydrogen) atoms. The molecule has 1 aliphatic rings. The van der Waals surface area contributed by atoms with Crippen molar-refractivity contribution in [2.24, 2.45) is 0 Å². The van der Waals surface area contributed by atoms with Crippen LogP contribution in [0.25, 0.3) is 10.9 Å². The molecule has 0 N–H and O–H groups in total. The molecule has 84 valence electrons. The second-order valence-electron chi connectivity index (χ2n) is 4.52. The number of fused-ring (bicyclic) bond motifs is 3. The lowest BCUT2D eigenvalue weighted by atomic mass is 10.2. The zero-order chi connectivity index (χ0) is 11.1. The molecule has 0 saturated heterocycles. The molecular weight excluding hydrogens is 203 g/mol. The van der Waals surface area contributed by atoms with Crippen LogP contribution in [0.1, 0.15) is 5.69 Å². The summed E-state index contributed by atoms with van der Waals surface area (Å²) in [6.45, 7) is 2.93. The highest BCUT2D eigenvalue weighted by atomic mass is 19.1. The van der Waals surface area contributed by atoms with Crippen molar-refractivity contribution in [1.29, 1.82) is 0 Å². The van der Waals surface area contributed by atoms with E-state index < -0.39 is 0 Å². The highest BCUT2D eigenvalue weighted by molar-refractivity contribution is 5.82. The Balaban J connectivity index is 2.20. The normalized spacial score (nSPS) is 17.4. The average Bonchev–Trinajstić information content (AvgIpc) is 2.54. The standard InChI is InChI=1S/C13H15FN2/c1-15-6-5-11-9-10-3-2-4-12(14)13(10)16(11)8-7-15/h2-4,9H,5-8H2,1H3. The molecule has 0 fully saturated rings. The lowest BCUT2D eigenvalue weighted by Gasteiger charge is -2.11. The number of aromatic nitrogens is 1. The molecule has 0 spiro atoms. The number of likely N-dealkylation sites (N-methyl/N-ethyl adjacent to an activating group) is 1. The smallest absolute Gasteiger partial charge is 0.147 e. The van der Waals surface area contributed by atoms with E-state index >= 15 is 0 Å². The number of hydrogen-bond acceptors (Lipinski definition) is 1. The molecule has 2 nitrogen and oxygen atoms in total. The average molecular weight is 218 g/mol. The van der Waals surface area contributed by atoms with Crippen molar-refractivity contribution in [3.63, 3.8) is 0 Å². The third-order valence-corrected chi connectivity index (χ3v) is 3.41. The first-order chi connectivity index (χ1) is 7.75. The molecule has 3 heteroatoms. The van der Waals surface area contributed by atoms with Crippen LogP contribution in [-0.4, -0.2) is 29.6 Å². The molecule has 0 atom stereocenters. The molecule has 1 aromatic carbocycles. The first-order valence-electron chi connectivity index (χ1n) is 5.71. The second-order valence-corrected chi connectivity index (χ2v) is 4.52. The predicted octanol–water partition coefficient (Wildman–Crippen LogP) is 2.27. The van der Waals surface area contributed by atoms with Crippen molar-refractivity contribution in [3.8, 4) is 0 Å². The quantitative estimate of drug-likeness (QED) is 0.658. The van der Waals surface area contributed by atoms with Crippen LogP contribution < -0.4 is 0 Å². The lowest BCUT2D eigenvalue weighted by Crippen LogP contribution is -2.21. The topological polar surface area (TPSA) is 8.17 Å². The van der Waals surface area contributed by atoms with Crippen LogP contribution >= 0.6 is 0 Å². The number of benzene rings is 1. The molecule has 2 aromatic rings. The minimum absolute atomic E-state index is 0.103. The number of hydrogen-bond donors (Lipinski definition) is 0. The molecule has 2 heterocycles. The van der Waals surface area contributed by atoms with Gasteiger partial charge in [-0.25, -0.2) is 4.39 Å². The van der Waals surface area contributed by atoms with E-state index in [1.54, 1.807) is 12.1 Å². The van der Waals surface area contributed by atoms with Crippen molar-refractivity contribution in [3.05, 3.63) is 35.8 Å². The molecule has 1 aromatic heterocycles. The molecule has 0 saturated carbocycles. The van der Waals surface area contributed by atoms with Gasteiger partial charge < -0.3 is 9.47 Å². The Bertz CT molecular complexity index is 530. The van der Waals surface area contributed by atoms with E-state index in [0.29, 0.717) is 0 Å². The van der Waals surface area contributed by atoms with Gasteiger partial charge in [-0.15, -0.1) is 0 Å². The highest BCUT2D eigenvalue weighted by Gasteiger charge is 2.15. The van der Waals surface area contributed by atoms with Crippen LogP contribution in [0.15, 0.2) is 24.3 Å². The molecule has 0 amide bonds. The summed E-state index contributed by atoms with van der Waals surface area (Å²) < 4.78 is 15.9. The van der Waals surface area contributed by atoms with Crippen LogP contribution in [0.5, 0.6) is 0 Å². The van der Waals surface area contributed by atoms with Gasteiger partial charge in [-0.05, 0) is 19.2 Å². The van der Waals surface area contributed by atoms with Gasteiger partial charge in [0.2, 0.25) is 0 Å². The van der Waals surface area contributed by atoms with Gasteiger partial charge in [-0.1, -0.05) is 12.1 Å². The molecule has 0 aliphatic carbocycles. The molecular formula is C13H15FN2. The van der Waals surface area contributed by atoms with E-state index in [2.05, 4.69) is 22.6 Å². The third kappa shape index (κ3) is 1.43. The van der Waals surface area contributed by atoms with Crippen molar-refractivity contribution in [2.45, 2.75) is 13.0 Å². The van der Waals surface area contributed by atoms with Crippen LogP contribution in [0.3, 0.4) is 0 Å². The first-order valence-corrected chi connectivity index (χ1v) is 5.71. The van der Waals surface area contributed by atoms with E-state index in [1.807, 2.05) is 6.07 Å². The summed E-state index contributed by atoms with van der Waals surface area (Å²) in [7, 11) is 2.12. The Kier molecular flexibility index (Phi) is 2.21. The SMILES string of the molecule is CN1CCc2cc3cccc(F)c3n2CC1. The Labute approximate surface area is 94.3 Å². The van der Waals surface area contributed by atoms with Crippen molar-refractivity contribution >= 4 is 10.9 Å². The Morgan fingerprint density at radius 2 is 2.06 bits per heavy atom. The van der Waals surface area contributed by atoms with Crippen LogP contribution in [0.2, 0.25) is 0 Å². The van der Waals surface area contributed by atoms with Gasteiger partial charge in [0, 0.05) is 37.1 Å². The summed E-state index contributed by atoms with van der Waals surface area (Å²) in [5.41, 5.74) is 2.03.